The Bertz CT molecular complexity index is 1290. The van der Waals surface area contributed by atoms with Crippen LogP contribution in [0.1, 0.15) is 5.82 Å². The van der Waals surface area contributed by atoms with Crippen molar-refractivity contribution in [1.82, 2.24) is 9.97 Å². The summed E-state index contributed by atoms with van der Waals surface area (Å²) in [5, 5.41) is 0. The van der Waals surface area contributed by atoms with Crippen LogP contribution in [0.15, 0.2) is 64.5 Å². The van der Waals surface area contributed by atoms with Gasteiger partial charge >= 0.3 is 0 Å². The molecule has 1 heterocycles. The quantitative estimate of drug-likeness (QED) is 0.519. The normalized spacial score (nSPS) is 11.6. The summed E-state index contributed by atoms with van der Waals surface area (Å²) >= 11 is 0. The number of nitrogens with one attached hydrogen (secondary N) is 2. The Kier molecular flexibility index (Phi) is 6.32. The van der Waals surface area contributed by atoms with Crippen molar-refractivity contribution in [2.75, 3.05) is 23.7 Å². The first-order valence-corrected chi connectivity index (χ1v) is 11.8. The Morgan fingerprint density at radius 2 is 1.55 bits per heavy atom. The van der Waals surface area contributed by atoms with Gasteiger partial charge in [-0.15, -0.1) is 0 Å². The lowest BCUT2D eigenvalue weighted by Gasteiger charge is -2.13. The molecule has 0 atom stereocenters. The number of aryl methyl sites for hydroxylation is 1. The van der Waals surface area contributed by atoms with Gasteiger partial charge in [0.25, 0.3) is 20.0 Å². The SMILES string of the molecule is COc1ccc(OC)c(S(=O)(=O)Nc2ccc(S(=O)(=O)Nc3ccnc(C)n3)cc2)c1. The van der Waals surface area contributed by atoms with E-state index in [-0.39, 0.29) is 27.0 Å². The first-order valence-electron chi connectivity index (χ1n) is 8.82. The topological polar surface area (TPSA) is 137 Å². The molecule has 0 aliphatic heterocycles. The molecule has 10 nitrogen and oxygen atoms in total. The van der Waals surface area contributed by atoms with Crippen molar-refractivity contribution < 1.29 is 26.3 Å². The Morgan fingerprint density at radius 1 is 0.839 bits per heavy atom. The van der Waals surface area contributed by atoms with Gasteiger partial charge < -0.3 is 9.47 Å². The van der Waals surface area contributed by atoms with Crippen molar-refractivity contribution in [2.24, 2.45) is 0 Å². The summed E-state index contributed by atoms with van der Waals surface area (Å²) in [5.41, 5.74) is 0.168. The van der Waals surface area contributed by atoms with Crippen LogP contribution in [0.2, 0.25) is 0 Å². The van der Waals surface area contributed by atoms with Gasteiger partial charge in [-0.1, -0.05) is 0 Å². The summed E-state index contributed by atoms with van der Waals surface area (Å²) in [5.74, 6) is 1.02. The van der Waals surface area contributed by atoms with E-state index in [4.69, 9.17) is 9.47 Å². The molecule has 0 amide bonds. The number of ether oxygens (including phenoxy) is 2. The highest BCUT2D eigenvalue weighted by molar-refractivity contribution is 7.93. The van der Waals surface area contributed by atoms with E-state index in [0.29, 0.717) is 11.6 Å². The van der Waals surface area contributed by atoms with E-state index in [1.807, 2.05) is 0 Å². The van der Waals surface area contributed by atoms with E-state index in [1.54, 1.807) is 13.0 Å². The number of methoxy groups -OCH3 is 2. The molecular weight excluding hydrogens is 444 g/mol. The van der Waals surface area contributed by atoms with E-state index in [2.05, 4.69) is 19.4 Å². The van der Waals surface area contributed by atoms with Gasteiger partial charge in [0.15, 0.2) is 0 Å². The van der Waals surface area contributed by atoms with E-state index in [0.717, 1.165) is 0 Å². The van der Waals surface area contributed by atoms with Gasteiger partial charge in [0.2, 0.25) is 0 Å². The standard InChI is InChI=1S/C19H20N4O6S2/c1-13-20-11-10-19(21-13)23-30(24,25)16-7-4-14(5-8-16)22-31(26,27)18-12-15(28-2)6-9-17(18)29-3/h4-12,22H,1-3H3,(H,20,21,23). The molecule has 2 N–H and O–H groups in total. The summed E-state index contributed by atoms with van der Waals surface area (Å²) < 4.78 is 65.7. The summed E-state index contributed by atoms with van der Waals surface area (Å²) in [4.78, 5) is 7.72. The van der Waals surface area contributed by atoms with E-state index in [9.17, 15) is 16.8 Å². The lowest BCUT2D eigenvalue weighted by Crippen LogP contribution is -2.16. The van der Waals surface area contributed by atoms with Gasteiger partial charge in [-0.05, 0) is 49.4 Å². The minimum absolute atomic E-state index is 0.0642. The van der Waals surface area contributed by atoms with Crippen LogP contribution >= 0.6 is 0 Å². The van der Waals surface area contributed by atoms with Crippen LogP contribution < -0.4 is 18.9 Å². The highest BCUT2D eigenvalue weighted by Gasteiger charge is 2.21. The Hall–Kier alpha value is -3.38. The highest BCUT2D eigenvalue weighted by atomic mass is 32.2. The first kappa shape index (κ1) is 22.3. The molecule has 3 aromatic rings. The molecule has 0 radical (unpaired) electrons. The number of nitrogens with zero attached hydrogens (tertiary/aromatic N) is 2. The van der Waals surface area contributed by atoms with Crippen LogP contribution in [0.4, 0.5) is 11.5 Å². The van der Waals surface area contributed by atoms with Gasteiger partial charge in [-0.25, -0.2) is 26.8 Å². The van der Waals surface area contributed by atoms with Gasteiger partial charge in [-0.3, -0.25) is 9.44 Å². The molecule has 0 bridgehead atoms. The molecule has 2 aromatic carbocycles. The zero-order valence-electron chi connectivity index (χ0n) is 16.9. The Labute approximate surface area is 180 Å². The predicted molar refractivity (Wildman–Crippen MR) is 114 cm³/mol. The van der Waals surface area contributed by atoms with Crippen LogP contribution in [0.3, 0.4) is 0 Å². The smallest absolute Gasteiger partial charge is 0.265 e. The number of sulfonamides is 2. The summed E-state index contributed by atoms with van der Waals surface area (Å²) in [6.45, 7) is 1.63. The molecule has 1 aromatic heterocycles. The largest absolute Gasteiger partial charge is 0.497 e. The molecule has 0 fully saturated rings. The van der Waals surface area contributed by atoms with Crippen molar-refractivity contribution in [3.63, 3.8) is 0 Å². The molecule has 0 spiro atoms. The molecular formula is C19H20N4O6S2. The van der Waals surface area contributed by atoms with Crippen molar-refractivity contribution in [3.8, 4) is 11.5 Å². The number of rotatable bonds is 8. The molecule has 12 heteroatoms. The van der Waals surface area contributed by atoms with Crippen LogP contribution in [-0.4, -0.2) is 41.0 Å². The third-order valence-corrected chi connectivity index (χ3v) is 6.87. The zero-order chi connectivity index (χ0) is 22.6. The summed E-state index contributed by atoms with van der Waals surface area (Å²) in [7, 11) is -5.17. The minimum Gasteiger partial charge on any atom is -0.497 e. The minimum atomic E-state index is -4.03. The molecule has 0 aliphatic carbocycles. The van der Waals surface area contributed by atoms with Crippen LogP contribution in [0.5, 0.6) is 11.5 Å². The highest BCUT2D eigenvalue weighted by Crippen LogP contribution is 2.30. The third kappa shape index (κ3) is 5.22. The third-order valence-electron chi connectivity index (χ3n) is 4.09. The first-order chi connectivity index (χ1) is 14.6. The average Bonchev–Trinajstić information content (AvgIpc) is 2.73. The lowest BCUT2D eigenvalue weighted by molar-refractivity contribution is 0.392. The maximum Gasteiger partial charge on any atom is 0.265 e. The second-order valence-corrected chi connectivity index (χ2v) is 9.57. The monoisotopic (exact) mass is 464 g/mol. The van der Waals surface area contributed by atoms with E-state index in [1.165, 1.54) is 62.9 Å². The van der Waals surface area contributed by atoms with E-state index < -0.39 is 20.0 Å². The zero-order valence-corrected chi connectivity index (χ0v) is 18.5. The average molecular weight is 465 g/mol. The lowest BCUT2D eigenvalue weighted by atomic mass is 10.3. The molecule has 31 heavy (non-hydrogen) atoms. The fraction of sp³-hybridized carbons (Fsp3) is 0.158. The molecule has 0 saturated heterocycles. The fourth-order valence-corrected chi connectivity index (χ4v) is 4.86. The van der Waals surface area contributed by atoms with Crippen molar-refractivity contribution in [3.05, 3.63) is 60.6 Å². The van der Waals surface area contributed by atoms with E-state index >= 15 is 0 Å². The predicted octanol–water partition coefficient (Wildman–Crippen LogP) is 2.40. The second kappa shape index (κ2) is 8.78. The van der Waals surface area contributed by atoms with Gasteiger partial charge in [0, 0.05) is 18.0 Å². The van der Waals surface area contributed by atoms with Gasteiger partial charge in [0.05, 0.1) is 19.1 Å². The van der Waals surface area contributed by atoms with Crippen LogP contribution in [0.25, 0.3) is 0 Å². The second-order valence-electron chi connectivity index (χ2n) is 6.24. The van der Waals surface area contributed by atoms with Crippen molar-refractivity contribution >= 4 is 31.6 Å². The number of benzene rings is 2. The number of aromatic nitrogens is 2. The molecule has 3 rings (SSSR count). The van der Waals surface area contributed by atoms with Crippen LogP contribution in [0, 0.1) is 6.92 Å². The fourth-order valence-electron chi connectivity index (χ4n) is 2.62. The summed E-state index contributed by atoms with van der Waals surface area (Å²) in [6, 6.07) is 11.0. The number of hydrogen-bond acceptors (Lipinski definition) is 8. The number of hydrogen-bond donors (Lipinski definition) is 2. The number of anilines is 2. The van der Waals surface area contributed by atoms with Crippen LogP contribution in [-0.2, 0) is 20.0 Å². The molecule has 0 saturated carbocycles. The van der Waals surface area contributed by atoms with Crippen molar-refractivity contribution in [1.29, 1.82) is 0 Å². The molecule has 164 valence electrons. The van der Waals surface area contributed by atoms with Crippen molar-refractivity contribution in [2.45, 2.75) is 16.7 Å². The Balaban J connectivity index is 1.83. The maximum atomic E-state index is 12.8. The maximum absolute atomic E-state index is 12.8. The van der Waals surface area contributed by atoms with Gasteiger partial charge in [0.1, 0.15) is 28.0 Å². The summed E-state index contributed by atoms with van der Waals surface area (Å²) in [6.07, 6.45) is 1.44. The molecule has 0 aliphatic rings. The molecule has 0 unspecified atom stereocenters. The Morgan fingerprint density at radius 3 is 2.16 bits per heavy atom. The van der Waals surface area contributed by atoms with Gasteiger partial charge in [-0.2, -0.15) is 0 Å².